The van der Waals surface area contributed by atoms with E-state index < -0.39 is 0 Å². The van der Waals surface area contributed by atoms with E-state index in [0.717, 1.165) is 0 Å². The quantitative estimate of drug-likeness (QED) is 0.736. The first-order chi connectivity index (χ1) is 6.70. The highest BCUT2D eigenvalue weighted by Gasteiger charge is 2.06. The van der Waals surface area contributed by atoms with Crippen LogP contribution in [-0.4, -0.2) is 17.1 Å². The molecule has 0 fully saturated rings. The highest BCUT2D eigenvalue weighted by Crippen LogP contribution is 2.24. The van der Waals surface area contributed by atoms with Gasteiger partial charge in [-0.25, -0.2) is 9.37 Å². The number of halogens is 2. The maximum atomic E-state index is 12.9. The van der Waals surface area contributed by atoms with Gasteiger partial charge < -0.3 is 4.74 Å². The van der Waals surface area contributed by atoms with E-state index in [1.807, 2.05) is 0 Å². The van der Waals surface area contributed by atoms with Crippen LogP contribution in [0.1, 0.15) is 0 Å². The zero-order valence-electron chi connectivity index (χ0n) is 7.29. The summed E-state index contributed by atoms with van der Waals surface area (Å²) in [6, 6.07) is 4.28. The maximum Gasteiger partial charge on any atom is 0.225 e. The van der Waals surface area contributed by atoms with Gasteiger partial charge in [0, 0.05) is 6.07 Å². The lowest BCUT2D eigenvalue weighted by Crippen LogP contribution is -1.93. The Balaban J connectivity index is 2.81. The molecule has 3 nitrogen and oxygen atoms in total. The van der Waals surface area contributed by atoms with Crippen molar-refractivity contribution >= 4 is 26.8 Å². The molecule has 0 radical (unpaired) electrons. The Morgan fingerprint density at radius 3 is 2.86 bits per heavy atom. The zero-order valence-corrected chi connectivity index (χ0v) is 8.88. The molecular formula is C9H6BrFN2O. The molecule has 0 unspecified atom stereocenters. The number of benzene rings is 1. The number of rotatable bonds is 1. The van der Waals surface area contributed by atoms with Gasteiger partial charge in [-0.2, -0.15) is 4.98 Å². The van der Waals surface area contributed by atoms with Crippen molar-refractivity contribution in [3.63, 3.8) is 0 Å². The first-order valence-electron chi connectivity index (χ1n) is 3.87. The lowest BCUT2D eigenvalue weighted by atomic mass is 10.2. The third-order valence-electron chi connectivity index (χ3n) is 1.79. The third kappa shape index (κ3) is 1.55. The summed E-state index contributed by atoms with van der Waals surface area (Å²) in [5.41, 5.74) is 0.517. The van der Waals surface area contributed by atoms with Gasteiger partial charge in [-0.3, -0.25) is 0 Å². The summed E-state index contributed by atoms with van der Waals surface area (Å²) < 4.78 is 18.3. The molecule has 2 rings (SSSR count). The second-order valence-electron chi connectivity index (χ2n) is 2.66. The molecule has 0 aliphatic heterocycles. The largest absolute Gasteiger partial charge is 0.480 e. The standard InChI is InChI=1S/C9H6BrFN2O/c1-14-8-6-3-2-5(11)4-7(6)12-9(10)13-8/h2-4H,1H3. The maximum absolute atomic E-state index is 12.9. The molecule has 72 valence electrons. The molecule has 0 saturated carbocycles. The molecular weight excluding hydrogens is 251 g/mol. The Kier molecular flexibility index (Phi) is 2.33. The Hall–Kier alpha value is -1.23. The van der Waals surface area contributed by atoms with E-state index in [0.29, 0.717) is 21.5 Å². The lowest BCUT2D eigenvalue weighted by Gasteiger charge is -2.03. The van der Waals surface area contributed by atoms with Gasteiger partial charge in [0.1, 0.15) is 5.82 Å². The molecule has 0 saturated heterocycles. The number of nitrogens with zero attached hydrogens (tertiary/aromatic N) is 2. The molecule has 0 aliphatic carbocycles. The molecule has 5 heteroatoms. The van der Waals surface area contributed by atoms with Crippen LogP contribution in [0.4, 0.5) is 4.39 Å². The van der Waals surface area contributed by atoms with Crippen molar-refractivity contribution in [1.82, 2.24) is 9.97 Å². The minimum absolute atomic E-state index is 0.329. The van der Waals surface area contributed by atoms with E-state index in [1.54, 1.807) is 6.07 Å². The van der Waals surface area contributed by atoms with E-state index in [1.165, 1.54) is 19.2 Å². The molecule has 2 aromatic rings. The van der Waals surface area contributed by atoms with Crippen molar-refractivity contribution < 1.29 is 9.13 Å². The minimum atomic E-state index is -0.329. The topological polar surface area (TPSA) is 35.0 Å². The molecule has 0 bridgehead atoms. The molecule has 1 aromatic carbocycles. The van der Waals surface area contributed by atoms with E-state index in [9.17, 15) is 4.39 Å². The summed E-state index contributed by atoms with van der Waals surface area (Å²) in [5.74, 6) is 0.104. The molecule has 0 spiro atoms. The van der Waals surface area contributed by atoms with Crippen molar-refractivity contribution in [2.75, 3.05) is 7.11 Å². The summed E-state index contributed by atoms with van der Waals surface area (Å²) in [7, 11) is 1.51. The summed E-state index contributed by atoms with van der Waals surface area (Å²) in [4.78, 5) is 8.04. The van der Waals surface area contributed by atoms with Crippen LogP contribution in [0.5, 0.6) is 5.88 Å². The fourth-order valence-electron chi connectivity index (χ4n) is 1.20. The van der Waals surface area contributed by atoms with Gasteiger partial charge in [-0.1, -0.05) is 0 Å². The van der Waals surface area contributed by atoms with E-state index in [-0.39, 0.29) is 5.82 Å². The van der Waals surface area contributed by atoms with Crippen molar-refractivity contribution in [2.45, 2.75) is 0 Å². The van der Waals surface area contributed by atoms with Crippen LogP contribution in [0.15, 0.2) is 22.9 Å². The average molecular weight is 257 g/mol. The van der Waals surface area contributed by atoms with Crippen molar-refractivity contribution in [3.05, 3.63) is 28.7 Å². The molecule has 0 amide bonds. The van der Waals surface area contributed by atoms with E-state index >= 15 is 0 Å². The first kappa shape index (κ1) is 9.33. The highest BCUT2D eigenvalue weighted by atomic mass is 79.9. The fraction of sp³-hybridized carbons (Fsp3) is 0.111. The van der Waals surface area contributed by atoms with Crippen molar-refractivity contribution in [3.8, 4) is 5.88 Å². The molecule has 0 atom stereocenters. The molecule has 0 aliphatic rings. The van der Waals surface area contributed by atoms with Gasteiger partial charge in [-0.15, -0.1) is 0 Å². The molecule has 14 heavy (non-hydrogen) atoms. The van der Waals surface area contributed by atoms with Crippen LogP contribution in [-0.2, 0) is 0 Å². The van der Waals surface area contributed by atoms with E-state index in [4.69, 9.17) is 4.74 Å². The molecule has 0 N–H and O–H groups in total. The minimum Gasteiger partial charge on any atom is -0.480 e. The summed E-state index contributed by atoms with van der Waals surface area (Å²) >= 11 is 3.12. The number of fused-ring (bicyclic) bond motifs is 1. The Morgan fingerprint density at radius 1 is 1.36 bits per heavy atom. The number of hydrogen-bond donors (Lipinski definition) is 0. The monoisotopic (exact) mass is 256 g/mol. The SMILES string of the molecule is COc1nc(Br)nc2cc(F)ccc12. The zero-order chi connectivity index (χ0) is 10.1. The highest BCUT2D eigenvalue weighted by molar-refractivity contribution is 9.10. The summed E-state index contributed by atoms with van der Waals surface area (Å²) in [5, 5.41) is 0.692. The average Bonchev–Trinajstić information content (AvgIpc) is 2.15. The number of ether oxygens (including phenoxy) is 1. The van der Waals surface area contributed by atoms with Gasteiger partial charge in [-0.05, 0) is 28.1 Å². The van der Waals surface area contributed by atoms with Crippen LogP contribution < -0.4 is 4.74 Å². The fourth-order valence-corrected chi connectivity index (χ4v) is 1.55. The second-order valence-corrected chi connectivity index (χ2v) is 3.37. The van der Waals surface area contributed by atoms with Gasteiger partial charge >= 0.3 is 0 Å². The van der Waals surface area contributed by atoms with Gasteiger partial charge in [0.25, 0.3) is 0 Å². The number of aromatic nitrogens is 2. The molecule has 1 aromatic heterocycles. The van der Waals surface area contributed by atoms with Crippen LogP contribution in [0.3, 0.4) is 0 Å². The number of methoxy groups -OCH3 is 1. The van der Waals surface area contributed by atoms with Crippen molar-refractivity contribution in [1.29, 1.82) is 0 Å². The summed E-state index contributed by atoms with van der Waals surface area (Å²) in [6.07, 6.45) is 0. The second kappa shape index (κ2) is 3.49. The van der Waals surface area contributed by atoms with Crippen LogP contribution in [0.2, 0.25) is 0 Å². The predicted octanol–water partition coefficient (Wildman–Crippen LogP) is 2.54. The van der Waals surface area contributed by atoms with Gasteiger partial charge in [0.15, 0.2) is 0 Å². The van der Waals surface area contributed by atoms with Crippen LogP contribution in [0.25, 0.3) is 10.9 Å². The smallest absolute Gasteiger partial charge is 0.225 e. The predicted molar refractivity (Wildman–Crippen MR) is 53.7 cm³/mol. The molecule has 1 heterocycles. The Bertz CT molecular complexity index is 484. The Morgan fingerprint density at radius 2 is 2.14 bits per heavy atom. The first-order valence-corrected chi connectivity index (χ1v) is 4.67. The summed E-state index contributed by atoms with van der Waals surface area (Å²) in [6.45, 7) is 0. The van der Waals surface area contributed by atoms with Crippen LogP contribution >= 0.6 is 15.9 Å². The van der Waals surface area contributed by atoms with Crippen molar-refractivity contribution in [2.24, 2.45) is 0 Å². The third-order valence-corrected chi connectivity index (χ3v) is 2.14. The van der Waals surface area contributed by atoms with Gasteiger partial charge in [0.05, 0.1) is 18.0 Å². The Labute approximate surface area is 88.1 Å². The van der Waals surface area contributed by atoms with Gasteiger partial charge in [0.2, 0.25) is 10.6 Å². The van der Waals surface area contributed by atoms with E-state index in [2.05, 4.69) is 25.9 Å². The number of hydrogen-bond acceptors (Lipinski definition) is 3. The lowest BCUT2D eigenvalue weighted by molar-refractivity contribution is 0.401. The normalized spacial score (nSPS) is 10.5. The van der Waals surface area contributed by atoms with Crippen LogP contribution in [0, 0.1) is 5.82 Å².